The lowest BCUT2D eigenvalue weighted by atomic mass is 9.87. The van der Waals surface area contributed by atoms with Gasteiger partial charge in [-0.2, -0.15) is 0 Å². The quantitative estimate of drug-likeness (QED) is 0.265. The third-order valence-corrected chi connectivity index (χ3v) is 11.9. The molecule has 152 valence electrons. The van der Waals surface area contributed by atoms with Gasteiger partial charge >= 0.3 is 21.2 Å². The highest BCUT2D eigenvalue weighted by Gasteiger charge is 2.21. The highest BCUT2D eigenvalue weighted by atomic mass is 127. The fraction of sp³-hybridized carbons (Fsp3) is 0.250. The summed E-state index contributed by atoms with van der Waals surface area (Å²) in [5, 5.41) is 0. The fourth-order valence-corrected chi connectivity index (χ4v) is 7.38. The van der Waals surface area contributed by atoms with Gasteiger partial charge in [-0.25, -0.2) is 0 Å². The second-order valence-corrected chi connectivity index (χ2v) is 14.2. The van der Waals surface area contributed by atoms with Gasteiger partial charge in [0.05, 0.1) is 0 Å². The lowest BCUT2D eigenvalue weighted by Gasteiger charge is -2.18. The van der Waals surface area contributed by atoms with Crippen LogP contribution in [0.5, 0.6) is 5.75 Å². The minimum Gasteiger partial charge on any atom is -0.489 e. The molecule has 0 spiro atoms. The summed E-state index contributed by atoms with van der Waals surface area (Å²) >= 11 is 7.01. The van der Waals surface area contributed by atoms with Crippen molar-refractivity contribution in [2.75, 3.05) is 0 Å². The normalized spacial score (nSPS) is 11.6. The van der Waals surface area contributed by atoms with E-state index in [1.54, 1.807) is 0 Å². The van der Waals surface area contributed by atoms with E-state index in [1.807, 2.05) is 0 Å². The molecule has 0 N–H and O–H groups in total. The zero-order chi connectivity index (χ0) is 21.2. The monoisotopic (exact) mass is 835 g/mol. The van der Waals surface area contributed by atoms with Gasteiger partial charge in [-0.1, -0.05) is 32.9 Å². The van der Waals surface area contributed by atoms with Crippen molar-refractivity contribution in [3.05, 3.63) is 89.1 Å². The molecule has 3 rings (SSSR count). The summed E-state index contributed by atoms with van der Waals surface area (Å²) in [7, 11) is 0. The highest BCUT2D eigenvalue weighted by molar-refractivity contribution is 14.1. The van der Waals surface area contributed by atoms with Crippen molar-refractivity contribution < 1.29 is 25.9 Å². The van der Waals surface area contributed by atoms with Gasteiger partial charge in [-0.05, 0) is 128 Å². The summed E-state index contributed by atoms with van der Waals surface area (Å²) in [6, 6.07) is 20.1. The molecule has 0 aliphatic rings. The first-order valence-corrected chi connectivity index (χ1v) is 14.7. The maximum atomic E-state index is 6.15. The van der Waals surface area contributed by atoms with Gasteiger partial charge in [0.2, 0.25) is 0 Å². The number of hydrogen-bond donors (Lipinski definition) is 0. The predicted octanol–water partition coefficient (Wildman–Crippen LogP) is 4.81. The molecular formula is C24H23I4O+. The number of ether oxygens (including phenoxy) is 1. The molecule has 0 amide bonds. The third-order valence-electron chi connectivity index (χ3n) is 4.57. The molecule has 3 aromatic carbocycles. The first-order chi connectivity index (χ1) is 13.6. The van der Waals surface area contributed by atoms with Gasteiger partial charge in [-0.15, -0.1) is 0 Å². The molecule has 0 aromatic heterocycles. The molecule has 0 saturated carbocycles. The molecule has 0 atom stereocenters. The molecule has 1 nitrogen and oxygen atoms in total. The van der Waals surface area contributed by atoms with Crippen molar-refractivity contribution in [2.24, 2.45) is 0 Å². The van der Waals surface area contributed by atoms with Crippen molar-refractivity contribution in [3.63, 3.8) is 0 Å². The van der Waals surface area contributed by atoms with Crippen LogP contribution >= 0.6 is 67.8 Å². The molecule has 0 aliphatic carbocycles. The maximum absolute atomic E-state index is 6.15. The Morgan fingerprint density at radius 1 is 0.862 bits per heavy atom. The van der Waals surface area contributed by atoms with Gasteiger partial charge in [0.15, 0.2) is 7.14 Å². The number of aryl methyl sites for hydroxylation is 1. The van der Waals surface area contributed by atoms with Crippen molar-refractivity contribution >= 4 is 67.8 Å². The van der Waals surface area contributed by atoms with Crippen LogP contribution in [0, 0.1) is 24.8 Å². The van der Waals surface area contributed by atoms with Crippen LogP contribution < -0.4 is 25.9 Å². The van der Waals surface area contributed by atoms with Crippen LogP contribution in [-0.2, 0) is 12.0 Å². The Morgan fingerprint density at radius 2 is 1.52 bits per heavy atom. The fourth-order valence-electron chi connectivity index (χ4n) is 2.80. The van der Waals surface area contributed by atoms with E-state index in [0.717, 1.165) is 5.75 Å². The minimum absolute atomic E-state index is 0.184. The lowest BCUT2D eigenvalue weighted by molar-refractivity contribution is -0.598. The molecule has 0 fully saturated rings. The zero-order valence-corrected chi connectivity index (χ0v) is 25.5. The molecule has 5 heteroatoms. The first-order valence-electron chi connectivity index (χ1n) is 9.26. The highest BCUT2D eigenvalue weighted by Crippen LogP contribution is 2.26. The van der Waals surface area contributed by atoms with Gasteiger partial charge in [-0.3, -0.25) is 0 Å². The smallest absolute Gasteiger partial charge is 0.358 e. The SMILES string of the molecule is Cc1cc(OCc2c(I)ccc(I)c2I)ccc1[I+]c1ccc(C(C)(C)C)cc1. The average Bonchev–Trinajstić information content (AvgIpc) is 2.66. The summed E-state index contributed by atoms with van der Waals surface area (Å²) in [5.74, 6) is 0.948. The average molecular weight is 835 g/mol. The molecule has 3 aromatic rings. The molecular weight excluding hydrogens is 812 g/mol. The molecule has 0 unspecified atom stereocenters. The van der Waals surface area contributed by atoms with E-state index in [1.165, 1.54) is 34.5 Å². The van der Waals surface area contributed by atoms with E-state index >= 15 is 0 Å². The van der Waals surface area contributed by atoms with E-state index in [0.29, 0.717) is 6.61 Å². The third kappa shape index (κ3) is 6.44. The summed E-state index contributed by atoms with van der Waals surface area (Å²) in [6.45, 7) is 9.59. The van der Waals surface area contributed by atoms with Gasteiger partial charge in [0.25, 0.3) is 0 Å². The second-order valence-electron chi connectivity index (χ2n) is 7.87. The minimum atomic E-state index is -0.184. The number of halogens is 4. The Morgan fingerprint density at radius 3 is 2.14 bits per heavy atom. The summed E-state index contributed by atoms with van der Waals surface area (Å²) < 4.78 is 12.9. The predicted molar refractivity (Wildman–Crippen MR) is 143 cm³/mol. The zero-order valence-electron chi connectivity index (χ0n) is 16.8. The molecule has 0 aliphatic heterocycles. The van der Waals surface area contributed by atoms with Crippen LogP contribution in [0.1, 0.15) is 37.5 Å². The van der Waals surface area contributed by atoms with Crippen molar-refractivity contribution in [1.82, 2.24) is 0 Å². The summed E-state index contributed by atoms with van der Waals surface area (Å²) in [6.07, 6.45) is 0. The molecule has 0 saturated heterocycles. The van der Waals surface area contributed by atoms with E-state index in [-0.39, 0.29) is 26.6 Å². The van der Waals surface area contributed by atoms with Crippen LogP contribution in [0.3, 0.4) is 0 Å². The number of hydrogen-bond acceptors (Lipinski definition) is 1. The van der Waals surface area contributed by atoms with E-state index < -0.39 is 0 Å². The van der Waals surface area contributed by atoms with Crippen LogP contribution in [0.4, 0.5) is 0 Å². The Labute approximate surface area is 225 Å². The summed E-state index contributed by atoms with van der Waals surface area (Å²) in [4.78, 5) is 0. The number of rotatable bonds is 5. The second kappa shape index (κ2) is 10.3. The van der Waals surface area contributed by atoms with Crippen LogP contribution in [0.15, 0.2) is 54.6 Å². The Balaban J connectivity index is 1.70. The number of benzene rings is 3. The van der Waals surface area contributed by atoms with Gasteiger partial charge in [0, 0.05) is 21.8 Å². The van der Waals surface area contributed by atoms with Crippen LogP contribution in [-0.4, -0.2) is 0 Å². The van der Waals surface area contributed by atoms with Crippen molar-refractivity contribution in [1.29, 1.82) is 0 Å². The molecule has 0 heterocycles. The van der Waals surface area contributed by atoms with Crippen molar-refractivity contribution in [3.8, 4) is 5.75 Å². The Kier molecular flexibility index (Phi) is 8.56. The maximum Gasteiger partial charge on any atom is 0.358 e. The van der Waals surface area contributed by atoms with Gasteiger partial charge < -0.3 is 4.74 Å². The molecule has 29 heavy (non-hydrogen) atoms. The van der Waals surface area contributed by atoms with Gasteiger partial charge in [0.1, 0.15) is 12.4 Å². The van der Waals surface area contributed by atoms with Crippen LogP contribution in [0.2, 0.25) is 0 Å². The Hall–Kier alpha value is 0.380. The standard InChI is InChI=1S/C24H23I4O/c1-15-13-18(29-14-19-20(25)10-11-21(26)23(19)27)9-12-22(15)28-17-7-5-16(6-8-17)24(2,3)4/h5-13H,14H2,1-4H3/q+1. The van der Waals surface area contributed by atoms with E-state index in [4.69, 9.17) is 4.74 Å². The van der Waals surface area contributed by atoms with Crippen LogP contribution in [0.25, 0.3) is 0 Å². The van der Waals surface area contributed by atoms with E-state index in [9.17, 15) is 0 Å². The summed E-state index contributed by atoms with van der Waals surface area (Å²) in [5.41, 5.74) is 4.19. The van der Waals surface area contributed by atoms with E-state index in [2.05, 4.69) is 150 Å². The Bertz CT molecular complexity index is 1000. The lowest BCUT2D eigenvalue weighted by Crippen LogP contribution is -3.61. The largest absolute Gasteiger partial charge is 0.489 e. The first kappa shape index (κ1) is 24.0. The topological polar surface area (TPSA) is 9.23 Å². The molecule has 0 bridgehead atoms. The molecule has 0 radical (unpaired) electrons. The van der Waals surface area contributed by atoms with Crippen molar-refractivity contribution in [2.45, 2.75) is 39.7 Å².